The van der Waals surface area contributed by atoms with E-state index >= 15 is 0 Å². The summed E-state index contributed by atoms with van der Waals surface area (Å²) in [5.41, 5.74) is 1.98. The fraction of sp³-hybridized carbons (Fsp3) is 0.385. The van der Waals surface area contributed by atoms with E-state index < -0.39 is 17.7 Å². The van der Waals surface area contributed by atoms with E-state index in [2.05, 4.69) is 20.8 Å². The Bertz CT molecular complexity index is 1100. The topological polar surface area (TPSA) is 76.1 Å². The van der Waals surface area contributed by atoms with Crippen LogP contribution >= 0.6 is 23.2 Å². The van der Waals surface area contributed by atoms with Crippen molar-refractivity contribution in [1.82, 2.24) is 4.90 Å². The molecule has 1 unspecified atom stereocenters. The van der Waals surface area contributed by atoms with Gasteiger partial charge in [0.1, 0.15) is 5.76 Å². The molecule has 1 aliphatic rings. The highest BCUT2D eigenvalue weighted by atomic mass is 35.5. The van der Waals surface area contributed by atoms with E-state index in [0.29, 0.717) is 19.6 Å². The maximum absolute atomic E-state index is 13.1. The van der Waals surface area contributed by atoms with Crippen LogP contribution in [0.5, 0.6) is 5.75 Å². The summed E-state index contributed by atoms with van der Waals surface area (Å²) in [6, 6.07) is 9.89. The average molecular weight is 506 g/mol. The zero-order valence-electron chi connectivity index (χ0n) is 19.9. The first-order chi connectivity index (χ1) is 16.0. The Labute approximate surface area is 210 Å². The normalized spacial score (nSPS) is 18.0. The average Bonchev–Trinajstić information content (AvgIpc) is 3.03. The van der Waals surface area contributed by atoms with E-state index in [9.17, 15) is 14.7 Å². The molecule has 0 aromatic heterocycles. The van der Waals surface area contributed by atoms with Crippen LogP contribution < -0.4 is 4.74 Å². The fourth-order valence-electron chi connectivity index (χ4n) is 4.05. The molecule has 34 heavy (non-hydrogen) atoms. The summed E-state index contributed by atoms with van der Waals surface area (Å²) in [7, 11) is 3.01. The Morgan fingerprint density at radius 3 is 2.15 bits per heavy atom. The van der Waals surface area contributed by atoms with Crippen molar-refractivity contribution in [2.75, 3.05) is 27.4 Å². The second kappa shape index (κ2) is 10.4. The minimum Gasteiger partial charge on any atom is -0.507 e. The second-order valence-electron chi connectivity index (χ2n) is 9.18. The zero-order chi connectivity index (χ0) is 25.2. The number of halogens is 2. The van der Waals surface area contributed by atoms with Crippen molar-refractivity contribution in [3.05, 3.63) is 68.7 Å². The Morgan fingerprint density at radius 2 is 1.65 bits per heavy atom. The number of benzene rings is 2. The van der Waals surface area contributed by atoms with E-state index in [1.807, 2.05) is 24.3 Å². The number of hydrogen-bond donors (Lipinski definition) is 1. The van der Waals surface area contributed by atoms with Crippen molar-refractivity contribution < 1.29 is 24.2 Å². The van der Waals surface area contributed by atoms with Crippen molar-refractivity contribution in [1.29, 1.82) is 0 Å². The van der Waals surface area contributed by atoms with Gasteiger partial charge in [0.25, 0.3) is 11.7 Å². The highest BCUT2D eigenvalue weighted by molar-refractivity contribution is 6.46. The summed E-state index contributed by atoms with van der Waals surface area (Å²) in [6.07, 6.45) is 0.542. The number of rotatable bonds is 7. The minimum absolute atomic E-state index is 0.0109. The van der Waals surface area contributed by atoms with Gasteiger partial charge in [-0.2, -0.15) is 0 Å². The lowest BCUT2D eigenvalue weighted by Crippen LogP contribution is -2.31. The molecule has 8 heteroatoms. The third kappa shape index (κ3) is 5.09. The molecule has 1 N–H and O–H groups in total. The number of aliphatic hydroxyl groups excluding tert-OH is 1. The molecule has 182 valence electrons. The molecule has 0 aliphatic carbocycles. The van der Waals surface area contributed by atoms with Crippen molar-refractivity contribution in [3.63, 3.8) is 0 Å². The molecule has 0 saturated carbocycles. The summed E-state index contributed by atoms with van der Waals surface area (Å²) in [6.45, 7) is 7.05. The molecule has 2 aromatic rings. The summed E-state index contributed by atoms with van der Waals surface area (Å²) in [5.74, 6) is -1.52. The maximum Gasteiger partial charge on any atom is 0.295 e. The van der Waals surface area contributed by atoms with Crippen LogP contribution in [0, 0.1) is 0 Å². The summed E-state index contributed by atoms with van der Waals surface area (Å²) < 4.78 is 10.3. The molecule has 1 saturated heterocycles. The molecule has 3 rings (SSSR count). The lowest BCUT2D eigenvalue weighted by atomic mass is 9.85. The highest BCUT2D eigenvalue weighted by Crippen LogP contribution is 2.42. The Hall–Kier alpha value is -2.54. The molecule has 0 radical (unpaired) electrons. The summed E-state index contributed by atoms with van der Waals surface area (Å²) >= 11 is 12.5. The molecule has 0 spiro atoms. The predicted molar refractivity (Wildman–Crippen MR) is 134 cm³/mol. The van der Waals surface area contributed by atoms with E-state index in [0.717, 1.165) is 11.1 Å². The maximum atomic E-state index is 13.1. The van der Waals surface area contributed by atoms with E-state index in [1.54, 1.807) is 7.11 Å². The number of hydrogen-bond acceptors (Lipinski definition) is 5. The third-order valence-corrected chi connectivity index (χ3v) is 6.42. The molecule has 1 heterocycles. The zero-order valence-corrected chi connectivity index (χ0v) is 21.5. The first-order valence-corrected chi connectivity index (χ1v) is 11.7. The monoisotopic (exact) mass is 505 g/mol. The lowest BCUT2D eigenvalue weighted by Gasteiger charge is -2.26. The quantitative estimate of drug-likeness (QED) is 0.224. The van der Waals surface area contributed by atoms with Crippen LogP contribution in [0.2, 0.25) is 10.0 Å². The number of ether oxygens (including phenoxy) is 2. The van der Waals surface area contributed by atoms with Crippen LogP contribution in [0.4, 0.5) is 0 Å². The van der Waals surface area contributed by atoms with Gasteiger partial charge >= 0.3 is 0 Å². The van der Waals surface area contributed by atoms with Crippen molar-refractivity contribution in [2.24, 2.45) is 0 Å². The van der Waals surface area contributed by atoms with Gasteiger partial charge in [0.15, 0.2) is 5.75 Å². The Morgan fingerprint density at radius 1 is 1.06 bits per heavy atom. The number of carbonyl (C=O) groups excluding carboxylic acids is 2. The van der Waals surface area contributed by atoms with Gasteiger partial charge < -0.3 is 19.5 Å². The van der Waals surface area contributed by atoms with Gasteiger partial charge in [-0.05, 0) is 35.1 Å². The smallest absolute Gasteiger partial charge is 0.295 e. The first kappa shape index (κ1) is 26.1. The van der Waals surface area contributed by atoms with Gasteiger partial charge in [-0.25, -0.2) is 0 Å². The number of aliphatic hydroxyl groups is 1. The van der Waals surface area contributed by atoms with E-state index in [-0.39, 0.29) is 38.1 Å². The van der Waals surface area contributed by atoms with Crippen molar-refractivity contribution >= 4 is 40.7 Å². The van der Waals surface area contributed by atoms with Crippen LogP contribution in [0.25, 0.3) is 5.76 Å². The lowest BCUT2D eigenvalue weighted by molar-refractivity contribution is -0.140. The van der Waals surface area contributed by atoms with Gasteiger partial charge in [0.05, 0.1) is 28.8 Å². The number of methoxy groups -OCH3 is 2. The fourth-order valence-corrected chi connectivity index (χ4v) is 4.69. The molecular formula is C26H29Cl2NO5. The number of amides is 1. The van der Waals surface area contributed by atoms with Gasteiger partial charge in [-0.1, -0.05) is 68.2 Å². The Balaban J connectivity index is 2.16. The van der Waals surface area contributed by atoms with E-state index in [4.69, 9.17) is 32.7 Å². The molecule has 1 amide bonds. The molecular weight excluding hydrogens is 477 g/mol. The number of likely N-dealkylation sites (tertiary alicyclic amines) is 1. The predicted octanol–water partition coefficient (Wildman–Crippen LogP) is 5.76. The van der Waals surface area contributed by atoms with Crippen LogP contribution in [-0.4, -0.2) is 49.1 Å². The van der Waals surface area contributed by atoms with Crippen LogP contribution in [0.15, 0.2) is 42.0 Å². The number of nitrogens with zero attached hydrogens (tertiary/aromatic N) is 1. The summed E-state index contributed by atoms with van der Waals surface area (Å²) in [4.78, 5) is 27.6. The van der Waals surface area contributed by atoms with Crippen molar-refractivity contribution in [3.8, 4) is 5.75 Å². The van der Waals surface area contributed by atoms with Gasteiger partial charge in [0.2, 0.25) is 0 Å². The van der Waals surface area contributed by atoms with Gasteiger partial charge in [-0.15, -0.1) is 0 Å². The first-order valence-electron chi connectivity index (χ1n) is 10.9. The number of carbonyl (C=O) groups is 2. The van der Waals surface area contributed by atoms with Crippen LogP contribution in [0.1, 0.15) is 49.9 Å². The summed E-state index contributed by atoms with van der Waals surface area (Å²) in [5, 5.41) is 11.6. The van der Waals surface area contributed by atoms with Crippen LogP contribution in [-0.2, 0) is 19.7 Å². The van der Waals surface area contributed by atoms with Crippen LogP contribution in [0.3, 0.4) is 0 Å². The molecule has 0 bridgehead atoms. The minimum atomic E-state index is -0.761. The van der Waals surface area contributed by atoms with E-state index in [1.165, 1.54) is 24.1 Å². The highest BCUT2D eigenvalue weighted by Gasteiger charge is 2.46. The van der Waals surface area contributed by atoms with Gasteiger partial charge in [-0.3, -0.25) is 9.59 Å². The molecule has 2 aromatic carbocycles. The largest absolute Gasteiger partial charge is 0.507 e. The molecule has 1 fully saturated rings. The Kier molecular flexibility index (Phi) is 7.96. The molecule has 1 atom stereocenters. The SMILES string of the molecule is COCCCN1C(=O)C(=O)/C(=C(/O)c2cc(Cl)c(OC)c(Cl)c2)C1c1ccc(C(C)(C)C)cc1. The standard InChI is InChI=1S/C26H29Cl2NO5/c1-26(2,3)17-9-7-15(8-10-17)21-20(23(31)25(32)29(21)11-6-12-33-4)22(30)16-13-18(27)24(34-5)19(28)14-16/h7-10,13-14,21,30H,6,11-12H2,1-5H3/b22-20+. The van der Waals surface area contributed by atoms with Crippen molar-refractivity contribution in [2.45, 2.75) is 38.6 Å². The second-order valence-corrected chi connectivity index (χ2v) is 10.00. The van der Waals surface area contributed by atoms with Gasteiger partial charge in [0, 0.05) is 25.8 Å². The number of ketones is 1. The molecule has 6 nitrogen and oxygen atoms in total. The third-order valence-electron chi connectivity index (χ3n) is 5.86. The number of Topliss-reactive ketones (excluding diaryl/α,β-unsaturated/α-hetero) is 1. The molecule has 1 aliphatic heterocycles.